The average Bonchev–Trinajstić information content (AvgIpc) is 2.34. The summed E-state index contributed by atoms with van der Waals surface area (Å²) in [6.45, 7) is 0.864. The number of carbonyl (C=O) groups is 1. The van der Waals surface area contributed by atoms with Gasteiger partial charge in [0.1, 0.15) is 5.78 Å². The zero-order valence-electron chi connectivity index (χ0n) is 9.50. The summed E-state index contributed by atoms with van der Waals surface area (Å²) in [5.74, 6) is -1.85. The van der Waals surface area contributed by atoms with Crippen molar-refractivity contribution in [1.82, 2.24) is 0 Å². The topological polar surface area (TPSA) is 29.5 Å². The van der Waals surface area contributed by atoms with E-state index < -0.39 is 11.6 Å². The molecular weight excluding hydrogens is 228 g/mol. The van der Waals surface area contributed by atoms with Crippen molar-refractivity contribution in [3.05, 3.63) is 23.8 Å². The molecule has 0 bridgehead atoms. The number of benzene rings is 1. The normalized spacial score (nSPS) is 16.2. The molecule has 92 valence electrons. The summed E-state index contributed by atoms with van der Waals surface area (Å²) in [6.07, 6.45) is 0.764. The van der Waals surface area contributed by atoms with E-state index in [1.807, 2.05) is 0 Å². The van der Waals surface area contributed by atoms with Gasteiger partial charge >= 0.3 is 0 Å². The van der Waals surface area contributed by atoms with Gasteiger partial charge in [-0.3, -0.25) is 4.79 Å². The van der Waals surface area contributed by atoms with Crippen LogP contribution >= 0.6 is 0 Å². The van der Waals surface area contributed by atoms with Crippen molar-refractivity contribution in [2.45, 2.75) is 12.8 Å². The van der Waals surface area contributed by atoms with Crippen molar-refractivity contribution in [1.29, 1.82) is 0 Å². The molecule has 0 N–H and O–H groups in total. The Balaban J connectivity index is 2.27. The fraction of sp³-hybridized carbons (Fsp3) is 0.417. The molecule has 1 saturated heterocycles. The highest BCUT2D eigenvalue weighted by Gasteiger charge is 2.22. The van der Waals surface area contributed by atoms with Crippen molar-refractivity contribution in [2.24, 2.45) is 0 Å². The lowest BCUT2D eigenvalue weighted by Crippen LogP contribution is -2.34. The molecule has 5 heteroatoms. The maximum atomic E-state index is 13.7. The Morgan fingerprint density at radius 2 is 1.82 bits per heavy atom. The molecule has 1 aliphatic rings. The summed E-state index contributed by atoms with van der Waals surface area (Å²) in [5.41, 5.74) is 0.191. The van der Waals surface area contributed by atoms with Crippen LogP contribution in [-0.4, -0.2) is 26.0 Å². The number of methoxy groups -OCH3 is 1. The van der Waals surface area contributed by atoms with Crippen molar-refractivity contribution >= 4 is 11.5 Å². The third-order valence-electron chi connectivity index (χ3n) is 2.91. The minimum absolute atomic E-state index is 0.112. The fourth-order valence-corrected chi connectivity index (χ4v) is 1.92. The molecule has 1 fully saturated rings. The molecule has 0 radical (unpaired) electrons. The highest BCUT2D eigenvalue weighted by molar-refractivity contribution is 5.81. The second kappa shape index (κ2) is 4.69. The number of halogens is 2. The smallest absolute Gasteiger partial charge is 0.202 e. The second-order valence-electron chi connectivity index (χ2n) is 3.94. The molecule has 0 aromatic heterocycles. The first kappa shape index (κ1) is 11.8. The molecule has 0 spiro atoms. The van der Waals surface area contributed by atoms with Gasteiger partial charge in [-0.15, -0.1) is 0 Å². The van der Waals surface area contributed by atoms with Crippen molar-refractivity contribution in [2.75, 3.05) is 25.1 Å². The first-order chi connectivity index (χ1) is 8.13. The van der Waals surface area contributed by atoms with Crippen molar-refractivity contribution in [3.8, 4) is 5.75 Å². The van der Waals surface area contributed by atoms with Crippen LogP contribution in [0.3, 0.4) is 0 Å². The monoisotopic (exact) mass is 241 g/mol. The Hall–Kier alpha value is -1.65. The van der Waals surface area contributed by atoms with Crippen LogP contribution in [0, 0.1) is 11.6 Å². The van der Waals surface area contributed by atoms with E-state index in [0.29, 0.717) is 25.9 Å². The number of hydrogen-bond donors (Lipinski definition) is 0. The average molecular weight is 241 g/mol. The van der Waals surface area contributed by atoms with E-state index in [2.05, 4.69) is 0 Å². The van der Waals surface area contributed by atoms with Crippen LogP contribution in [0.1, 0.15) is 12.8 Å². The zero-order chi connectivity index (χ0) is 12.4. The van der Waals surface area contributed by atoms with Crippen LogP contribution in [-0.2, 0) is 4.79 Å². The number of ketones is 1. The van der Waals surface area contributed by atoms with Crippen molar-refractivity contribution < 1.29 is 18.3 Å². The number of carbonyl (C=O) groups excluding carboxylic acids is 1. The molecule has 1 heterocycles. The minimum Gasteiger partial charge on any atom is -0.494 e. The van der Waals surface area contributed by atoms with E-state index in [4.69, 9.17) is 4.74 Å². The van der Waals surface area contributed by atoms with Gasteiger partial charge in [0.2, 0.25) is 5.82 Å². The maximum absolute atomic E-state index is 13.7. The first-order valence-electron chi connectivity index (χ1n) is 5.42. The Morgan fingerprint density at radius 3 is 2.41 bits per heavy atom. The summed E-state index contributed by atoms with van der Waals surface area (Å²) in [4.78, 5) is 12.8. The fourth-order valence-electron chi connectivity index (χ4n) is 1.92. The lowest BCUT2D eigenvalue weighted by atomic mass is 10.1. The lowest BCUT2D eigenvalue weighted by Gasteiger charge is -2.28. The SMILES string of the molecule is COc1ccc(N2CCC(=O)CC2)c(F)c1F. The molecule has 2 rings (SSSR count). The number of rotatable bonds is 2. The summed E-state index contributed by atoms with van der Waals surface area (Å²) in [5, 5.41) is 0. The van der Waals surface area contributed by atoms with E-state index in [-0.39, 0.29) is 17.2 Å². The van der Waals surface area contributed by atoms with Crippen LogP contribution in [0.4, 0.5) is 14.5 Å². The molecule has 3 nitrogen and oxygen atoms in total. The molecule has 0 unspecified atom stereocenters. The van der Waals surface area contributed by atoms with Gasteiger partial charge in [-0.05, 0) is 12.1 Å². The maximum Gasteiger partial charge on any atom is 0.202 e. The Bertz CT molecular complexity index is 438. The molecule has 1 aromatic carbocycles. The van der Waals surface area contributed by atoms with E-state index in [9.17, 15) is 13.6 Å². The third kappa shape index (κ3) is 2.23. The lowest BCUT2D eigenvalue weighted by molar-refractivity contribution is -0.119. The molecule has 1 aliphatic heterocycles. The molecule has 17 heavy (non-hydrogen) atoms. The van der Waals surface area contributed by atoms with Crippen LogP contribution in [0.2, 0.25) is 0 Å². The predicted molar refractivity (Wildman–Crippen MR) is 59.4 cm³/mol. The van der Waals surface area contributed by atoms with Gasteiger partial charge in [-0.25, -0.2) is 4.39 Å². The van der Waals surface area contributed by atoms with Crippen LogP contribution in [0.15, 0.2) is 12.1 Å². The van der Waals surface area contributed by atoms with E-state index >= 15 is 0 Å². The number of piperidine rings is 1. The largest absolute Gasteiger partial charge is 0.494 e. The van der Waals surface area contributed by atoms with Gasteiger partial charge < -0.3 is 9.64 Å². The summed E-state index contributed by atoms with van der Waals surface area (Å²) >= 11 is 0. The van der Waals surface area contributed by atoms with Crippen molar-refractivity contribution in [3.63, 3.8) is 0 Å². The Morgan fingerprint density at radius 1 is 1.18 bits per heavy atom. The van der Waals surface area contributed by atoms with Gasteiger partial charge in [-0.2, -0.15) is 4.39 Å². The second-order valence-corrected chi connectivity index (χ2v) is 3.94. The van der Waals surface area contributed by atoms with Crippen LogP contribution < -0.4 is 9.64 Å². The number of anilines is 1. The quantitative estimate of drug-likeness (QED) is 0.794. The van der Waals surface area contributed by atoms with Gasteiger partial charge in [0.15, 0.2) is 11.6 Å². The Kier molecular flexibility index (Phi) is 3.26. The summed E-state index contributed by atoms with van der Waals surface area (Å²) < 4.78 is 31.9. The minimum atomic E-state index is -0.984. The predicted octanol–water partition coefficient (Wildman–Crippen LogP) is 2.14. The number of hydrogen-bond acceptors (Lipinski definition) is 3. The van der Waals surface area contributed by atoms with Crippen LogP contribution in [0.5, 0.6) is 5.75 Å². The highest BCUT2D eigenvalue weighted by Crippen LogP contribution is 2.29. The molecule has 1 aromatic rings. The van der Waals surface area contributed by atoms with E-state index in [1.54, 1.807) is 4.90 Å². The summed E-state index contributed by atoms with van der Waals surface area (Å²) in [6, 6.07) is 2.87. The summed E-state index contributed by atoms with van der Waals surface area (Å²) in [7, 11) is 1.29. The number of ether oxygens (including phenoxy) is 1. The Labute approximate surface area is 98.0 Å². The third-order valence-corrected chi connectivity index (χ3v) is 2.91. The van der Waals surface area contributed by atoms with Gasteiger partial charge in [0.25, 0.3) is 0 Å². The molecular formula is C12H13F2NO2. The molecule has 0 aliphatic carbocycles. The van der Waals surface area contributed by atoms with E-state index in [1.165, 1.54) is 19.2 Å². The molecule has 0 amide bonds. The van der Waals surface area contributed by atoms with Gasteiger partial charge in [0, 0.05) is 25.9 Å². The number of nitrogens with zero attached hydrogens (tertiary/aromatic N) is 1. The first-order valence-corrected chi connectivity index (χ1v) is 5.42. The van der Waals surface area contributed by atoms with Crippen LogP contribution in [0.25, 0.3) is 0 Å². The van der Waals surface area contributed by atoms with Gasteiger partial charge in [-0.1, -0.05) is 0 Å². The molecule has 0 atom stereocenters. The zero-order valence-corrected chi connectivity index (χ0v) is 9.50. The highest BCUT2D eigenvalue weighted by atomic mass is 19.2. The molecule has 0 saturated carbocycles. The van der Waals surface area contributed by atoms with E-state index in [0.717, 1.165) is 0 Å². The van der Waals surface area contributed by atoms with Gasteiger partial charge in [0.05, 0.1) is 12.8 Å². The standard InChI is InChI=1S/C12H13F2NO2/c1-17-10-3-2-9(11(13)12(10)14)15-6-4-8(16)5-7-15/h2-3H,4-7H2,1H3. The number of Topliss-reactive ketones (excluding diaryl/α,β-unsaturated/α-hetero) is 1.